The Morgan fingerprint density at radius 2 is 1.94 bits per heavy atom. The van der Waals surface area contributed by atoms with Gasteiger partial charge in [-0.25, -0.2) is 4.39 Å². The SMILES string of the molecule is CCCC(C)C(=O)c1ccc(F)c(C(F)(F)F)c1. The van der Waals surface area contributed by atoms with Crippen molar-refractivity contribution in [3.63, 3.8) is 0 Å². The maximum Gasteiger partial charge on any atom is 0.419 e. The number of carbonyl (C=O) groups is 1. The van der Waals surface area contributed by atoms with Crippen LogP contribution in [0.3, 0.4) is 0 Å². The molecule has 0 aromatic heterocycles. The van der Waals surface area contributed by atoms with Crippen molar-refractivity contribution in [1.82, 2.24) is 0 Å². The summed E-state index contributed by atoms with van der Waals surface area (Å²) in [7, 11) is 0. The minimum absolute atomic E-state index is 0.0929. The van der Waals surface area contributed by atoms with Crippen LogP contribution in [-0.2, 0) is 6.18 Å². The Hall–Kier alpha value is -1.39. The van der Waals surface area contributed by atoms with Crippen LogP contribution >= 0.6 is 0 Å². The van der Waals surface area contributed by atoms with Crippen LogP contribution in [0, 0.1) is 11.7 Å². The van der Waals surface area contributed by atoms with Gasteiger partial charge in [0.1, 0.15) is 5.82 Å². The number of halogens is 4. The molecule has 0 aliphatic rings. The van der Waals surface area contributed by atoms with Gasteiger partial charge in [-0.15, -0.1) is 0 Å². The van der Waals surface area contributed by atoms with E-state index < -0.39 is 17.6 Å². The van der Waals surface area contributed by atoms with Crippen molar-refractivity contribution in [1.29, 1.82) is 0 Å². The van der Waals surface area contributed by atoms with E-state index in [1.54, 1.807) is 6.92 Å². The molecule has 0 heterocycles. The zero-order valence-corrected chi connectivity index (χ0v) is 10.1. The molecule has 18 heavy (non-hydrogen) atoms. The molecule has 1 atom stereocenters. The molecule has 0 radical (unpaired) electrons. The summed E-state index contributed by atoms with van der Waals surface area (Å²) >= 11 is 0. The standard InChI is InChI=1S/C13H14F4O/c1-3-4-8(2)12(18)9-5-6-11(14)10(7-9)13(15,16)17/h5-8H,3-4H2,1-2H3. The summed E-state index contributed by atoms with van der Waals surface area (Å²) in [6, 6.07) is 2.37. The second-order valence-corrected chi connectivity index (χ2v) is 4.25. The maximum absolute atomic E-state index is 13.0. The van der Waals surface area contributed by atoms with Crippen molar-refractivity contribution in [3.8, 4) is 0 Å². The van der Waals surface area contributed by atoms with Gasteiger partial charge in [0, 0.05) is 11.5 Å². The molecule has 0 fully saturated rings. The van der Waals surface area contributed by atoms with Crippen molar-refractivity contribution in [2.75, 3.05) is 0 Å². The Morgan fingerprint density at radius 1 is 1.33 bits per heavy atom. The Bertz CT molecular complexity index is 437. The van der Waals surface area contributed by atoms with Gasteiger partial charge < -0.3 is 0 Å². The lowest BCUT2D eigenvalue weighted by Gasteiger charge is -2.12. The number of alkyl halides is 3. The summed E-state index contributed by atoms with van der Waals surface area (Å²) in [5.74, 6) is -2.11. The zero-order valence-electron chi connectivity index (χ0n) is 10.1. The minimum Gasteiger partial charge on any atom is -0.294 e. The molecular weight excluding hydrogens is 248 g/mol. The molecule has 0 aliphatic heterocycles. The fraction of sp³-hybridized carbons (Fsp3) is 0.462. The first kappa shape index (κ1) is 14.7. The van der Waals surface area contributed by atoms with Crippen LogP contribution < -0.4 is 0 Å². The molecular formula is C13H14F4O. The largest absolute Gasteiger partial charge is 0.419 e. The van der Waals surface area contributed by atoms with Gasteiger partial charge in [0.2, 0.25) is 0 Å². The van der Waals surface area contributed by atoms with Crippen LogP contribution in [0.15, 0.2) is 18.2 Å². The van der Waals surface area contributed by atoms with E-state index >= 15 is 0 Å². The lowest BCUT2D eigenvalue weighted by atomic mass is 9.94. The summed E-state index contributed by atoms with van der Waals surface area (Å²) < 4.78 is 50.5. The fourth-order valence-corrected chi connectivity index (χ4v) is 1.74. The predicted molar refractivity (Wildman–Crippen MR) is 59.8 cm³/mol. The number of Topliss-reactive ketones (excluding diaryl/α,β-unsaturated/α-hetero) is 1. The number of benzene rings is 1. The Kier molecular flexibility index (Phi) is 4.48. The monoisotopic (exact) mass is 262 g/mol. The third-order valence-corrected chi connectivity index (χ3v) is 2.73. The first-order chi connectivity index (χ1) is 8.27. The second kappa shape index (κ2) is 5.50. The quantitative estimate of drug-likeness (QED) is 0.578. The minimum atomic E-state index is -4.78. The van der Waals surface area contributed by atoms with Gasteiger partial charge in [-0.1, -0.05) is 20.3 Å². The van der Waals surface area contributed by atoms with Crippen molar-refractivity contribution in [2.45, 2.75) is 32.9 Å². The van der Waals surface area contributed by atoms with E-state index in [-0.39, 0.29) is 17.3 Å². The Labute approximate surface area is 103 Å². The molecule has 100 valence electrons. The summed E-state index contributed by atoms with van der Waals surface area (Å²) in [6.45, 7) is 3.54. The van der Waals surface area contributed by atoms with Crippen LogP contribution in [0.25, 0.3) is 0 Å². The van der Waals surface area contributed by atoms with Crippen LogP contribution in [0.4, 0.5) is 17.6 Å². The molecule has 1 aromatic rings. The normalized spacial score (nSPS) is 13.4. The molecule has 0 saturated carbocycles. The number of hydrogen-bond acceptors (Lipinski definition) is 1. The van der Waals surface area contributed by atoms with Gasteiger partial charge in [-0.05, 0) is 24.6 Å². The number of ketones is 1. The molecule has 5 heteroatoms. The molecule has 0 bridgehead atoms. The fourth-order valence-electron chi connectivity index (χ4n) is 1.74. The van der Waals surface area contributed by atoms with E-state index in [4.69, 9.17) is 0 Å². The van der Waals surface area contributed by atoms with Gasteiger partial charge >= 0.3 is 6.18 Å². The van der Waals surface area contributed by atoms with E-state index in [9.17, 15) is 22.4 Å². The molecule has 0 amide bonds. The second-order valence-electron chi connectivity index (χ2n) is 4.25. The zero-order chi connectivity index (χ0) is 13.9. The molecule has 1 nitrogen and oxygen atoms in total. The van der Waals surface area contributed by atoms with Gasteiger partial charge in [0.05, 0.1) is 5.56 Å². The first-order valence-corrected chi connectivity index (χ1v) is 5.68. The van der Waals surface area contributed by atoms with Crippen molar-refractivity contribution in [3.05, 3.63) is 35.1 Å². The van der Waals surface area contributed by atoms with Crippen LogP contribution in [-0.4, -0.2) is 5.78 Å². The van der Waals surface area contributed by atoms with Crippen LogP contribution in [0.5, 0.6) is 0 Å². The predicted octanol–water partition coefficient (Wildman–Crippen LogP) is 4.46. The summed E-state index contributed by atoms with van der Waals surface area (Å²) in [6.07, 6.45) is -3.42. The number of carbonyl (C=O) groups excluding carboxylic acids is 1. The van der Waals surface area contributed by atoms with E-state index in [0.717, 1.165) is 12.5 Å². The Balaban J connectivity index is 3.09. The van der Waals surface area contributed by atoms with Crippen molar-refractivity contribution in [2.24, 2.45) is 5.92 Å². The smallest absolute Gasteiger partial charge is 0.294 e. The van der Waals surface area contributed by atoms with Crippen LogP contribution in [0.1, 0.15) is 42.6 Å². The molecule has 1 unspecified atom stereocenters. The van der Waals surface area contributed by atoms with Gasteiger partial charge in [0.25, 0.3) is 0 Å². The average molecular weight is 262 g/mol. The third-order valence-electron chi connectivity index (χ3n) is 2.73. The lowest BCUT2D eigenvalue weighted by Crippen LogP contribution is -2.14. The maximum atomic E-state index is 13.0. The van der Waals surface area contributed by atoms with Crippen LogP contribution in [0.2, 0.25) is 0 Å². The molecule has 0 spiro atoms. The van der Waals surface area contributed by atoms with Crippen molar-refractivity contribution >= 4 is 5.78 Å². The number of hydrogen-bond donors (Lipinski definition) is 0. The van der Waals surface area contributed by atoms with E-state index in [2.05, 4.69) is 0 Å². The molecule has 0 N–H and O–H groups in total. The van der Waals surface area contributed by atoms with E-state index in [0.29, 0.717) is 18.6 Å². The average Bonchev–Trinajstić information content (AvgIpc) is 2.27. The highest BCUT2D eigenvalue weighted by atomic mass is 19.4. The molecule has 1 aromatic carbocycles. The Morgan fingerprint density at radius 3 is 2.44 bits per heavy atom. The van der Waals surface area contributed by atoms with Gasteiger partial charge in [-0.3, -0.25) is 4.79 Å². The highest BCUT2D eigenvalue weighted by Crippen LogP contribution is 2.32. The molecule has 1 rings (SSSR count). The lowest BCUT2D eigenvalue weighted by molar-refractivity contribution is -0.140. The van der Waals surface area contributed by atoms with E-state index in [1.807, 2.05) is 6.92 Å². The number of rotatable bonds is 4. The summed E-state index contributed by atoms with van der Waals surface area (Å²) in [5, 5.41) is 0. The molecule has 0 saturated heterocycles. The topological polar surface area (TPSA) is 17.1 Å². The van der Waals surface area contributed by atoms with Gasteiger partial charge in [0.15, 0.2) is 5.78 Å². The first-order valence-electron chi connectivity index (χ1n) is 5.68. The summed E-state index contributed by atoms with van der Waals surface area (Å²) in [5.41, 5.74) is -1.48. The highest BCUT2D eigenvalue weighted by molar-refractivity contribution is 5.97. The van der Waals surface area contributed by atoms with Crippen molar-refractivity contribution < 1.29 is 22.4 Å². The summed E-state index contributed by atoms with van der Waals surface area (Å²) in [4.78, 5) is 11.8. The van der Waals surface area contributed by atoms with E-state index in [1.165, 1.54) is 0 Å². The third kappa shape index (κ3) is 3.31. The highest BCUT2D eigenvalue weighted by Gasteiger charge is 2.34. The molecule has 0 aliphatic carbocycles. The van der Waals surface area contributed by atoms with Gasteiger partial charge in [-0.2, -0.15) is 13.2 Å².